The van der Waals surface area contributed by atoms with Crippen LogP contribution in [0.2, 0.25) is 0 Å². The average Bonchev–Trinajstić information content (AvgIpc) is 2.48. The molecular weight excluding hydrogens is 262 g/mol. The highest BCUT2D eigenvalue weighted by Gasteiger charge is 2.11. The lowest BCUT2D eigenvalue weighted by Crippen LogP contribution is -2.20. The lowest BCUT2D eigenvalue weighted by molar-refractivity contribution is -0.116. The van der Waals surface area contributed by atoms with Crippen LogP contribution in [0.25, 0.3) is 0 Å². The predicted octanol–water partition coefficient (Wildman–Crippen LogP) is 2.78. The zero-order valence-corrected chi connectivity index (χ0v) is 12.4. The molecule has 4 nitrogen and oxygen atoms in total. The molecule has 2 aromatic rings. The second-order valence-electron chi connectivity index (χ2n) is 5.21. The summed E-state index contributed by atoms with van der Waals surface area (Å²) < 4.78 is 0. The van der Waals surface area contributed by atoms with Crippen molar-refractivity contribution >= 4 is 17.3 Å². The van der Waals surface area contributed by atoms with E-state index in [4.69, 9.17) is 5.73 Å². The molecular formula is C17H21N3O. The number of hydrogen-bond donors (Lipinski definition) is 2. The molecule has 0 aliphatic rings. The maximum absolute atomic E-state index is 12.0. The molecule has 1 atom stereocenters. The Hall–Kier alpha value is -2.33. The number of rotatable bonds is 5. The molecule has 0 saturated carbocycles. The molecule has 0 spiro atoms. The van der Waals surface area contributed by atoms with E-state index in [1.54, 1.807) is 0 Å². The number of carbonyl (C=O) groups excluding carboxylic acids is 1. The van der Waals surface area contributed by atoms with Gasteiger partial charge in [-0.3, -0.25) is 4.79 Å². The minimum absolute atomic E-state index is 0.0797. The molecule has 4 heteroatoms. The summed E-state index contributed by atoms with van der Waals surface area (Å²) in [5.41, 5.74) is 8.89. The molecule has 0 heterocycles. The molecule has 0 aromatic heterocycles. The molecule has 2 rings (SSSR count). The van der Waals surface area contributed by atoms with Crippen LogP contribution < -0.4 is 16.0 Å². The Labute approximate surface area is 125 Å². The van der Waals surface area contributed by atoms with E-state index in [-0.39, 0.29) is 18.4 Å². The van der Waals surface area contributed by atoms with Crippen LogP contribution in [0.1, 0.15) is 18.0 Å². The number of hydrogen-bond acceptors (Lipinski definition) is 3. The van der Waals surface area contributed by atoms with E-state index in [2.05, 4.69) is 5.32 Å². The van der Waals surface area contributed by atoms with Gasteiger partial charge in [0.15, 0.2) is 0 Å². The van der Waals surface area contributed by atoms with Crippen molar-refractivity contribution in [2.24, 2.45) is 5.73 Å². The fourth-order valence-electron chi connectivity index (χ4n) is 2.07. The molecule has 2 aromatic carbocycles. The third-order valence-corrected chi connectivity index (χ3v) is 3.30. The first-order valence-electron chi connectivity index (χ1n) is 6.94. The van der Waals surface area contributed by atoms with Crippen molar-refractivity contribution < 1.29 is 4.79 Å². The normalized spacial score (nSPS) is 11.8. The first-order valence-corrected chi connectivity index (χ1v) is 6.94. The molecule has 1 unspecified atom stereocenters. The lowest BCUT2D eigenvalue weighted by Gasteiger charge is -2.14. The highest BCUT2D eigenvalue weighted by Crippen LogP contribution is 2.18. The van der Waals surface area contributed by atoms with E-state index in [0.29, 0.717) is 0 Å². The summed E-state index contributed by atoms with van der Waals surface area (Å²) in [6.45, 7) is 0. The third-order valence-electron chi connectivity index (χ3n) is 3.30. The SMILES string of the molecule is CN(C)c1ccc(NC(=O)CC(N)c2ccccc2)cc1. The van der Waals surface area contributed by atoms with Crippen molar-refractivity contribution in [1.82, 2.24) is 0 Å². The zero-order chi connectivity index (χ0) is 15.2. The van der Waals surface area contributed by atoms with Crippen LogP contribution >= 0.6 is 0 Å². The van der Waals surface area contributed by atoms with Gasteiger partial charge in [0.2, 0.25) is 5.91 Å². The Bertz CT molecular complexity index is 579. The van der Waals surface area contributed by atoms with Gasteiger partial charge in [0.25, 0.3) is 0 Å². The van der Waals surface area contributed by atoms with Gasteiger partial charge in [-0.05, 0) is 29.8 Å². The van der Waals surface area contributed by atoms with Gasteiger partial charge in [0.05, 0.1) is 0 Å². The van der Waals surface area contributed by atoms with Crippen molar-refractivity contribution in [3.05, 3.63) is 60.2 Å². The molecule has 1 amide bonds. The molecule has 0 aliphatic carbocycles. The van der Waals surface area contributed by atoms with Crippen molar-refractivity contribution in [2.75, 3.05) is 24.3 Å². The molecule has 0 bridgehead atoms. The number of amides is 1. The number of nitrogens with one attached hydrogen (secondary N) is 1. The molecule has 0 radical (unpaired) electrons. The van der Waals surface area contributed by atoms with Crippen LogP contribution in [0.4, 0.5) is 11.4 Å². The zero-order valence-electron chi connectivity index (χ0n) is 12.4. The molecule has 110 valence electrons. The second-order valence-corrected chi connectivity index (χ2v) is 5.21. The Morgan fingerprint density at radius 3 is 2.29 bits per heavy atom. The topological polar surface area (TPSA) is 58.4 Å². The Kier molecular flexibility index (Phi) is 4.95. The lowest BCUT2D eigenvalue weighted by atomic mass is 10.0. The highest BCUT2D eigenvalue weighted by atomic mass is 16.1. The number of nitrogens with zero attached hydrogens (tertiary/aromatic N) is 1. The summed E-state index contributed by atoms with van der Waals surface area (Å²) in [6, 6.07) is 17.1. The van der Waals surface area contributed by atoms with Gasteiger partial charge < -0.3 is 16.0 Å². The van der Waals surface area contributed by atoms with Crippen LogP contribution in [0.3, 0.4) is 0 Å². The van der Waals surface area contributed by atoms with E-state index >= 15 is 0 Å². The summed E-state index contributed by atoms with van der Waals surface area (Å²) in [7, 11) is 3.96. The fourth-order valence-corrected chi connectivity index (χ4v) is 2.07. The number of carbonyl (C=O) groups is 1. The smallest absolute Gasteiger partial charge is 0.226 e. The number of anilines is 2. The van der Waals surface area contributed by atoms with Crippen molar-refractivity contribution in [3.63, 3.8) is 0 Å². The first kappa shape index (κ1) is 15.1. The van der Waals surface area contributed by atoms with E-state index in [1.807, 2.05) is 73.6 Å². The van der Waals surface area contributed by atoms with Crippen molar-refractivity contribution in [2.45, 2.75) is 12.5 Å². The maximum Gasteiger partial charge on any atom is 0.226 e. The van der Waals surface area contributed by atoms with Gasteiger partial charge in [-0.2, -0.15) is 0 Å². The van der Waals surface area contributed by atoms with Crippen LogP contribution in [-0.2, 0) is 4.79 Å². The molecule has 0 aliphatic heterocycles. The maximum atomic E-state index is 12.0. The minimum atomic E-state index is -0.285. The minimum Gasteiger partial charge on any atom is -0.378 e. The van der Waals surface area contributed by atoms with Crippen LogP contribution in [-0.4, -0.2) is 20.0 Å². The average molecular weight is 283 g/mol. The highest BCUT2D eigenvalue weighted by molar-refractivity contribution is 5.91. The third kappa shape index (κ3) is 4.33. The van der Waals surface area contributed by atoms with Gasteiger partial charge in [-0.25, -0.2) is 0 Å². The molecule has 0 fully saturated rings. The summed E-state index contributed by atoms with van der Waals surface area (Å²) in [4.78, 5) is 14.0. The number of nitrogens with two attached hydrogens (primary N) is 1. The van der Waals surface area contributed by atoms with Crippen molar-refractivity contribution in [1.29, 1.82) is 0 Å². The summed E-state index contributed by atoms with van der Waals surface area (Å²) in [6.07, 6.45) is 0.263. The second kappa shape index (κ2) is 6.90. The quantitative estimate of drug-likeness (QED) is 0.887. The Morgan fingerprint density at radius 1 is 1.10 bits per heavy atom. The first-order chi connectivity index (χ1) is 10.1. The van der Waals surface area contributed by atoms with E-state index in [9.17, 15) is 4.79 Å². The van der Waals surface area contributed by atoms with Gasteiger partial charge in [-0.15, -0.1) is 0 Å². The molecule has 3 N–H and O–H groups in total. The Balaban J connectivity index is 1.92. The predicted molar refractivity (Wildman–Crippen MR) is 87.4 cm³/mol. The van der Waals surface area contributed by atoms with Crippen LogP contribution in [0.15, 0.2) is 54.6 Å². The van der Waals surface area contributed by atoms with E-state index < -0.39 is 0 Å². The summed E-state index contributed by atoms with van der Waals surface area (Å²) >= 11 is 0. The van der Waals surface area contributed by atoms with E-state index in [0.717, 1.165) is 16.9 Å². The Morgan fingerprint density at radius 2 is 1.71 bits per heavy atom. The van der Waals surface area contributed by atoms with Gasteiger partial charge in [-0.1, -0.05) is 30.3 Å². The summed E-state index contributed by atoms with van der Waals surface area (Å²) in [5, 5.41) is 2.87. The fraction of sp³-hybridized carbons (Fsp3) is 0.235. The van der Waals surface area contributed by atoms with E-state index in [1.165, 1.54) is 0 Å². The van der Waals surface area contributed by atoms with Crippen LogP contribution in [0, 0.1) is 0 Å². The molecule has 0 saturated heterocycles. The van der Waals surface area contributed by atoms with Crippen LogP contribution in [0.5, 0.6) is 0 Å². The summed E-state index contributed by atoms with van der Waals surface area (Å²) in [5.74, 6) is -0.0797. The van der Waals surface area contributed by atoms with Crippen molar-refractivity contribution in [3.8, 4) is 0 Å². The standard InChI is InChI=1S/C17H21N3O/c1-20(2)15-10-8-14(9-11-15)19-17(21)12-16(18)13-6-4-3-5-7-13/h3-11,16H,12,18H2,1-2H3,(H,19,21). The van der Waals surface area contributed by atoms with Gasteiger partial charge >= 0.3 is 0 Å². The number of benzene rings is 2. The largest absolute Gasteiger partial charge is 0.378 e. The van der Waals surface area contributed by atoms with Gasteiger partial charge in [0, 0.05) is 37.9 Å². The van der Waals surface area contributed by atoms with Gasteiger partial charge in [0.1, 0.15) is 0 Å². The molecule has 21 heavy (non-hydrogen) atoms. The monoisotopic (exact) mass is 283 g/mol.